The molecule has 0 amide bonds. The predicted molar refractivity (Wildman–Crippen MR) is 83.5 cm³/mol. The third kappa shape index (κ3) is 2.63. The van der Waals surface area contributed by atoms with Gasteiger partial charge in [-0.15, -0.1) is 11.3 Å². The first-order chi connectivity index (χ1) is 9.76. The van der Waals surface area contributed by atoms with Gasteiger partial charge in [0.2, 0.25) is 0 Å². The van der Waals surface area contributed by atoms with Gasteiger partial charge in [0, 0.05) is 5.56 Å². The summed E-state index contributed by atoms with van der Waals surface area (Å²) in [6.45, 7) is 2.11. The molecule has 1 aromatic heterocycles. The number of ketones is 1. The number of para-hydroxylation sites is 1. The van der Waals surface area contributed by atoms with E-state index in [2.05, 4.69) is 11.9 Å². The molecule has 0 aliphatic rings. The van der Waals surface area contributed by atoms with Gasteiger partial charge in [0.15, 0.2) is 5.78 Å². The zero-order chi connectivity index (χ0) is 13.9. The molecule has 2 aromatic carbocycles. The molecule has 0 aliphatic carbocycles. The molecule has 0 aliphatic heterocycles. The van der Waals surface area contributed by atoms with Crippen molar-refractivity contribution in [2.45, 2.75) is 19.8 Å². The highest BCUT2D eigenvalue weighted by atomic mass is 32.1. The molecule has 0 N–H and O–H groups in total. The summed E-state index contributed by atoms with van der Waals surface area (Å²) in [7, 11) is 0. The summed E-state index contributed by atoms with van der Waals surface area (Å²) in [6, 6.07) is 15.8. The highest BCUT2D eigenvalue weighted by Gasteiger charge is 2.10. The van der Waals surface area contributed by atoms with E-state index in [1.807, 2.05) is 48.5 Å². The van der Waals surface area contributed by atoms with Crippen LogP contribution in [-0.4, -0.2) is 10.8 Å². The molecule has 0 radical (unpaired) electrons. The fourth-order valence-corrected chi connectivity index (χ4v) is 3.13. The number of fused-ring (bicyclic) bond motifs is 1. The number of aromatic nitrogens is 1. The molecule has 0 unspecified atom stereocenters. The van der Waals surface area contributed by atoms with E-state index in [0.717, 1.165) is 27.2 Å². The van der Waals surface area contributed by atoms with Crippen molar-refractivity contribution in [3.05, 3.63) is 64.7 Å². The molecule has 1 heterocycles. The largest absolute Gasteiger partial charge is 0.294 e. The Morgan fingerprint density at radius 2 is 1.85 bits per heavy atom. The van der Waals surface area contributed by atoms with Crippen LogP contribution in [0.3, 0.4) is 0 Å². The van der Waals surface area contributed by atoms with Crippen molar-refractivity contribution in [2.24, 2.45) is 0 Å². The van der Waals surface area contributed by atoms with Gasteiger partial charge in [-0.3, -0.25) is 4.79 Å². The molecular weight excluding hydrogens is 266 g/mol. The maximum Gasteiger partial charge on any atom is 0.169 e. The van der Waals surface area contributed by atoms with Gasteiger partial charge in [-0.05, 0) is 24.1 Å². The second-order valence-corrected chi connectivity index (χ2v) is 5.84. The molecule has 0 atom stereocenters. The van der Waals surface area contributed by atoms with Crippen LogP contribution < -0.4 is 0 Å². The average molecular weight is 281 g/mol. The Bertz CT molecular complexity index is 710. The normalized spacial score (nSPS) is 10.8. The maximum absolute atomic E-state index is 12.3. The topological polar surface area (TPSA) is 30.0 Å². The fourth-order valence-electron chi connectivity index (χ4n) is 2.16. The predicted octanol–water partition coefficient (Wildman–Crippen LogP) is 4.28. The zero-order valence-electron chi connectivity index (χ0n) is 11.3. The van der Waals surface area contributed by atoms with Crippen LogP contribution in [0.5, 0.6) is 0 Å². The summed E-state index contributed by atoms with van der Waals surface area (Å²) in [5.41, 5.74) is 2.99. The number of benzene rings is 2. The molecular formula is C17H15NOS. The van der Waals surface area contributed by atoms with Gasteiger partial charge in [0.1, 0.15) is 5.01 Å². The molecule has 3 rings (SSSR count). The molecule has 0 saturated carbocycles. The molecule has 0 spiro atoms. The van der Waals surface area contributed by atoms with E-state index in [-0.39, 0.29) is 5.78 Å². The van der Waals surface area contributed by atoms with Crippen LogP contribution in [0, 0.1) is 0 Å². The number of nitrogens with zero attached hydrogens (tertiary/aromatic N) is 1. The third-order valence-corrected chi connectivity index (χ3v) is 4.37. The van der Waals surface area contributed by atoms with Gasteiger partial charge in [-0.2, -0.15) is 0 Å². The third-order valence-electron chi connectivity index (χ3n) is 3.33. The van der Waals surface area contributed by atoms with Gasteiger partial charge < -0.3 is 0 Å². The van der Waals surface area contributed by atoms with E-state index < -0.39 is 0 Å². The summed E-state index contributed by atoms with van der Waals surface area (Å²) in [5.74, 6) is 0.131. The number of hydrogen-bond donors (Lipinski definition) is 0. The molecule has 20 heavy (non-hydrogen) atoms. The number of aryl methyl sites for hydroxylation is 1. The van der Waals surface area contributed by atoms with Gasteiger partial charge in [-0.1, -0.05) is 43.3 Å². The van der Waals surface area contributed by atoms with Crippen molar-refractivity contribution in [1.29, 1.82) is 0 Å². The van der Waals surface area contributed by atoms with Crippen molar-refractivity contribution < 1.29 is 4.79 Å². The van der Waals surface area contributed by atoms with Crippen LogP contribution in [0.15, 0.2) is 48.5 Å². The lowest BCUT2D eigenvalue weighted by molar-refractivity contribution is 0.0993. The smallest absolute Gasteiger partial charge is 0.169 e. The molecule has 2 nitrogen and oxygen atoms in total. The molecule has 3 aromatic rings. The first-order valence-electron chi connectivity index (χ1n) is 6.73. The average Bonchev–Trinajstić information content (AvgIpc) is 2.89. The maximum atomic E-state index is 12.3. The van der Waals surface area contributed by atoms with E-state index in [1.165, 1.54) is 5.56 Å². The van der Waals surface area contributed by atoms with Crippen molar-refractivity contribution in [2.75, 3.05) is 0 Å². The number of thiazole rings is 1. The van der Waals surface area contributed by atoms with E-state index >= 15 is 0 Å². The zero-order valence-corrected chi connectivity index (χ0v) is 12.1. The Labute approximate surface area is 122 Å². The van der Waals surface area contributed by atoms with E-state index in [4.69, 9.17) is 0 Å². The molecule has 3 heteroatoms. The number of Topliss-reactive ketones (excluding diaryl/α,β-unsaturated/α-hetero) is 1. The Hall–Kier alpha value is -2.00. The molecule has 0 fully saturated rings. The molecule has 0 saturated heterocycles. The number of hydrogen-bond acceptors (Lipinski definition) is 3. The van der Waals surface area contributed by atoms with E-state index in [9.17, 15) is 4.79 Å². The standard InChI is InChI=1S/C17H15NOS/c1-2-12-7-9-13(10-8-12)15(19)11-17-18-14-5-3-4-6-16(14)20-17/h3-10H,2,11H2,1H3. The van der Waals surface area contributed by atoms with Crippen LogP contribution >= 0.6 is 11.3 Å². The second-order valence-electron chi connectivity index (χ2n) is 4.73. The Balaban J connectivity index is 1.80. The number of carbonyl (C=O) groups excluding carboxylic acids is 1. The quantitative estimate of drug-likeness (QED) is 0.668. The van der Waals surface area contributed by atoms with Gasteiger partial charge in [0.25, 0.3) is 0 Å². The molecule has 0 bridgehead atoms. The van der Waals surface area contributed by atoms with Crippen LogP contribution in [0.2, 0.25) is 0 Å². The summed E-state index contributed by atoms with van der Waals surface area (Å²) in [6.07, 6.45) is 1.37. The number of rotatable bonds is 4. The summed E-state index contributed by atoms with van der Waals surface area (Å²) in [5, 5.41) is 0.885. The minimum absolute atomic E-state index is 0.131. The van der Waals surface area contributed by atoms with Gasteiger partial charge in [-0.25, -0.2) is 4.98 Å². The lowest BCUT2D eigenvalue weighted by Gasteiger charge is -2.00. The lowest BCUT2D eigenvalue weighted by Crippen LogP contribution is -2.03. The monoisotopic (exact) mass is 281 g/mol. The SMILES string of the molecule is CCc1ccc(C(=O)Cc2nc3ccccc3s2)cc1. The Kier molecular flexibility index (Phi) is 3.61. The summed E-state index contributed by atoms with van der Waals surface area (Å²) < 4.78 is 1.14. The Morgan fingerprint density at radius 3 is 2.55 bits per heavy atom. The van der Waals surface area contributed by atoms with E-state index in [0.29, 0.717) is 6.42 Å². The summed E-state index contributed by atoms with van der Waals surface area (Å²) in [4.78, 5) is 16.8. The minimum atomic E-state index is 0.131. The van der Waals surface area contributed by atoms with Gasteiger partial charge >= 0.3 is 0 Å². The van der Waals surface area contributed by atoms with Gasteiger partial charge in [0.05, 0.1) is 16.6 Å². The lowest BCUT2D eigenvalue weighted by atomic mass is 10.1. The highest BCUT2D eigenvalue weighted by Crippen LogP contribution is 2.22. The fraction of sp³-hybridized carbons (Fsp3) is 0.176. The van der Waals surface area contributed by atoms with Crippen molar-refractivity contribution in [3.63, 3.8) is 0 Å². The number of carbonyl (C=O) groups is 1. The van der Waals surface area contributed by atoms with Crippen LogP contribution in [0.25, 0.3) is 10.2 Å². The Morgan fingerprint density at radius 1 is 1.10 bits per heavy atom. The second kappa shape index (κ2) is 5.55. The van der Waals surface area contributed by atoms with Crippen LogP contribution in [0.4, 0.5) is 0 Å². The van der Waals surface area contributed by atoms with E-state index in [1.54, 1.807) is 11.3 Å². The molecule has 100 valence electrons. The minimum Gasteiger partial charge on any atom is -0.294 e. The first kappa shape index (κ1) is 13.0. The van der Waals surface area contributed by atoms with Crippen LogP contribution in [0.1, 0.15) is 27.9 Å². The highest BCUT2D eigenvalue weighted by molar-refractivity contribution is 7.18. The van der Waals surface area contributed by atoms with Crippen molar-refractivity contribution >= 4 is 27.3 Å². The van der Waals surface area contributed by atoms with Crippen molar-refractivity contribution in [1.82, 2.24) is 4.98 Å². The van der Waals surface area contributed by atoms with Crippen molar-refractivity contribution in [3.8, 4) is 0 Å². The summed E-state index contributed by atoms with van der Waals surface area (Å²) >= 11 is 1.60. The van der Waals surface area contributed by atoms with Crippen LogP contribution in [-0.2, 0) is 12.8 Å². The first-order valence-corrected chi connectivity index (χ1v) is 7.54.